The first-order chi connectivity index (χ1) is 3.79. The van der Waals surface area contributed by atoms with E-state index in [1.807, 2.05) is 0 Å². The zero-order valence-electron chi connectivity index (χ0n) is 5.38. The van der Waals surface area contributed by atoms with Crippen LogP contribution in [-0.2, 0) is 22.5 Å². The fraction of sp³-hybridized carbons (Fsp3) is 1.00. The zero-order chi connectivity index (χ0) is 5.98. The van der Waals surface area contributed by atoms with Gasteiger partial charge in [0.25, 0.3) is 0 Å². The second kappa shape index (κ2) is 12.5. The van der Waals surface area contributed by atoms with Gasteiger partial charge in [-0.25, -0.2) is 4.31 Å². The van der Waals surface area contributed by atoms with Gasteiger partial charge in [0.1, 0.15) is 0 Å². The van der Waals surface area contributed by atoms with Crippen molar-refractivity contribution in [3.63, 3.8) is 0 Å². The molecule has 1 rings (SSSR count). The van der Waals surface area contributed by atoms with E-state index in [4.69, 9.17) is 0 Å². The Balaban J connectivity index is -0.0000000800. The zero-order valence-corrected chi connectivity index (χ0v) is 10.6. The maximum absolute atomic E-state index is 10.2. The minimum absolute atomic E-state index is 0. The highest BCUT2D eigenvalue weighted by Gasteiger charge is 2.12. The first kappa shape index (κ1) is 23.4. The molecule has 1 saturated heterocycles. The van der Waals surface area contributed by atoms with Gasteiger partial charge >= 0.3 is 16.5 Å². The topological polar surface area (TPSA) is 61.8 Å². The van der Waals surface area contributed by atoms with Crippen LogP contribution in [0.1, 0.15) is 0 Å². The summed E-state index contributed by atoms with van der Waals surface area (Å²) in [5, 5.41) is 0. The summed E-state index contributed by atoms with van der Waals surface area (Å²) in [6.45, 7) is -0.185. The molecule has 5 nitrogen and oxygen atoms in total. The van der Waals surface area contributed by atoms with Gasteiger partial charge in [0.15, 0.2) is 6.79 Å². The van der Waals surface area contributed by atoms with Crippen molar-refractivity contribution in [2.75, 3.05) is 6.79 Å². The van der Waals surface area contributed by atoms with Crippen LogP contribution in [0.5, 0.6) is 0 Å². The molecule has 1 heterocycles. The van der Waals surface area contributed by atoms with Crippen molar-refractivity contribution >= 4 is 66.1 Å². The Labute approximate surface area is 95.4 Å². The smallest absolute Gasteiger partial charge is 0.282 e. The highest BCUT2D eigenvalue weighted by molar-refractivity contribution is 7.48. The van der Waals surface area contributed by atoms with Crippen molar-refractivity contribution in [3.8, 4) is 0 Å². The first-order valence-electron chi connectivity index (χ1n) is 1.80. The number of hydrogen-bond donors (Lipinski definition) is 0. The van der Waals surface area contributed by atoms with Gasteiger partial charge in [0.2, 0.25) is 0 Å². The summed E-state index contributed by atoms with van der Waals surface area (Å²) in [6.07, 6.45) is 0. The Morgan fingerprint density at radius 1 is 0.833 bits per heavy atom. The first-order valence-corrected chi connectivity index (χ1v) is 4.25. The highest BCUT2D eigenvalue weighted by Crippen LogP contribution is 2.44. The molecule has 0 amide bonds. The normalized spacial score (nSPS) is 26.3. The fourth-order valence-electron chi connectivity index (χ4n) is 0.253. The number of halogens is 4. The lowest BCUT2D eigenvalue weighted by Gasteiger charge is -2.09. The Bertz CT molecular complexity index is 127. The van der Waals surface area contributed by atoms with E-state index in [0.29, 0.717) is 0 Å². The molecule has 1 fully saturated rings. The lowest BCUT2D eigenvalue weighted by molar-refractivity contribution is 0.0870. The van der Waals surface area contributed by atoms with Crippen LogP contribution in [-0.4, -0.2) is 6.79 Å². The molecule has 0 bridgehead atoms. The average Bonchev–Trinajstić information content (AvgIpc) is 1.64. The molecule has 1 aliphatic rings. The number of hydrogen-bond acceptors (Lipinski definition) is 5. The van der Waals surface area contributed by atoms with E-state index >= 15 is 0 Å². The molecule has 0 aromatic carbocycles. The van der Waals surface area contributed by atoms with Gasteiger partial charge in [-0.05, 0) is 0 Å². The van der Waals surface area contributed by atoms with Gasteiger partial charge in [-0.1, -0.05) is 0 Å². The molecule has 1 aliphatic heterocycles. The van der Waals surface area contributed by atoms with Gasteiger partial charge < -0.3 is 0 Å². The van der Waals surface area contributed by atoms with Gasteiger partial charge in [-0.3, -0.25) is 18.2 Å². The van der Waals surface area contributed by atoms with Crippen LogP contribution in [0.2, 0.25) is 0 Å². The fourth-order valence-corrected chi connectivity index (χ4v) is 1.70. The van der Waals surface area contributed by atoms with Crippen LogP contribution in [0.25, 0.3) is 0 Å². The number of rotatable bonds is 0. The highest BCUT2D eigenvalue weighted by atomic mass is 35.5. The molecule has 0 aromatic heterocycles. The average molecular weight is 304 g/mol. The van der Waals surface area contributed by atoms with E-state index in [1.165, 1.54) is 0 Å². The molecule has 12 heavy (non-hydrogen) atoms. The van der Waals surface area contributed by atoms with Crippen LogP contribution >= 0.6 is 66.1 Å². The molecule has 0 N–H and O–H groups in total. The van der Waals surface area contributed by atoms with E-state index in [2.05, 4.69) is 13.4 Å². The molecule has 11 heteroatoms. The van der Waals surface area contributed by atoms with Crippen molar-refractivity contribution in [2.45, 2.75) is 0 Å². The molecule has 80 valence electrons. The van der Waals surface area contributed by atoms with Crippen LogP contribution in [0, 0.1) is 0 Å². The standard InChI is InChI=1S/CH4O5P2.4ClH/c2-7-4-1-5-8(3)6-7;;;;/h7-8H,1H2;4*1H. The van der Waals surface area contributed by atoms with Crippen LogP contribution in [0.15, 0.2) is 0 Å². The third-order valence-corrected chi connectivity index (χ3v) is 2.56. The molecular weight excluding hydrogens is 296 g/mol. The van der Waals surface area contributed by atoms with E-state index in [1.54, 1.807) is 0 Å². The summed E-state index contributed by atoms with van der Waals surface area (Å²) in [6, 6.07) is 0. The second-order valence-electron chi connectivity index (χ2n) is 1.01. The van der Waals surface area contributed by atoms with E-state index < -0.39 is 16.5 Å². The quantitative estimate of drug-likeness (QED) is 0.643. The summed E-state index contributed by atoms with van der Waals surface area (Å²) in [4.78, 5) is 0. The van der Waals surface area contributed by atoms with Gasteiger partial charge in [0, 0.05) is 0 Å². The van der Waals surface area contributed by atoms with Crippen molar-refractivity contribution in [1.29, 1.82) is 0 Å². The molecule has 0 saturated carbocycles. The summed E-state index contributed by atoms with van der Waals surface area (Å²) in [5.41, 5.74) is 0. The van der Waals surface area contributed by atoms with Crippen molar-refractivity contribution in [2.24, 2.45) is 0 Å². The predicted octanol–water partition coefficient (Wildman–Crippen LogP) is 2.47. The van der Waals surface area contributed by atoms with Gasteiger partial charge in [0.05, 0.1) is 0 Å². The lowest BCUT2D eigenvalue weighted by atomic mass is 11.6. The minimum Gasteiger partial charge on any atom is -0.282 e. The van der Waals surface area contributed by atoms with Gasteiger partial charge in [-0.2, -0.15) is 0 Å². The summed E-state index contributed by atoms with van der Waals surface area (Å²) in [5.74, 6) is 0. The molecule has 0 spiro atoms. The van der Waals surface area contributed by atoms with E-state index in [0.717, 1.165) is 0 Å². The SMILES string of the molecule is Cl.Cl.Cl.Cl.O=[PH]1OCO[PH](=O)O1. The monoisotopic (exact) mass is 302 g/mol. The van der Waals surface area contributed by atoms with E-state index in [-0.39, 0.29) is 56.4 Å². The van der Waals surface area contributed by atoms with Crippen LogP contribution in [0.3, 0.4) is 0 Å². The predicted molar refractivity (Wildman–Crippen MR) is 55.1 cm³/mol. The summed E-state index contributed by atoms with van der Waals surface area (Å²) >= 11 is 0. The van der Waals surface area contributed by atoms with E-state index in [9.17, 15) is 9.13 Å². The Morgan fingerprint density at radius 2 is 1.17 bits per heavy atom. The molecule has 0 radical (unpaired) electrons. The molecule has 2 unspecified atom stereocenters. The molecule has 0 aromatic rings. The minimum atomic E-state index is -2.48. The van der Waals surface area contributed by atoms with Crippen molar-refractivity contribution in [3.05, 3.63) is 0 Å². The van der Waals surface area contributed by atoms with Crippen molar-refractivity contribution < 1.29 is 22.5 Å². The van der Waals surface area contributed by atoms with Gasteiger partial charge in [-0.15, -0.1) is 49.6 Å². The maximum atomic E-state index is 10.2. The molecular formula is CH8Cl4O5P2. The summed E-state index contributed by atoms with van der Waals surface area (Å²) in [7, 11) is -4.97. The largest absolute Gasteiger partial charge is 0.328 e. The third kappa shape index (κ3) is 9.59. The lowest BCUT2D eigenvalue weighted by Crippen LogP contribution is -1.93. The molecule has 0 aliphatic carbocycles. The Hall–Kier alpha value is 1.50. The Morgan fingerprint density at radius 3 is 1.33 bits per heavy atom. The van der Waals surface area contributed by atoms with Crippen LogP contribution in [0.4, 0.5) is 0 Å². The third-order valence-electron chi connectivity index (χ3n) is 0.520. The maximum Gasteiger partial charge on any atom is 0.328 e. The van der Waals surface area contributed by atoms with Crippen LogP contribution < -0.4 is 0 Å². The second-order valence-corrected chi connectivity index (χ2v) is 3.40. The molecule has 2 atom stereocenters. The summed E-state index contributed by atoms with van der Waals surface area (Å²) < 4.78 is 33.0. The Kier molecular flexibility index (Phi) is 24.3. The van der Waals surface area contributed by atoms with Crippen molar-refractivity contribution in [1.82, 2.24) is 0 Å².